The van der Waals surface area contributed by atoms with Crippen LogP contribution in [0.1, 0.15) is 12.8 Å². The third-order valence-electron chi connectivity index (χ3n) is 2.46. The molecule has 1 aliphatic heterocycles. The Bertz CT molecular complexity index is 407. The molecule has 0 aromatic heterocycles. The van der Waals surface area contributed by atoms with Crippen molar-refractivity contribution in [3.05, 3.63) is 0 Å². The van der Waals surface area contributed by atoms with Crippen LogP contribution in [0.5, 0.6) is 0 Å². The summed E-state index contributed by atoms with van der Waals surface area (Å²) in [5.74, 6) is -1.42. The van der Waals surface area contributed by atoms with E-state index in [0.717, 1.165) is 0 Å². The maximum absolute atomic E-state index is 11.6. The molecule has 1 aliphatic rings. The highest BCUT2D eigenvalue weighted by Gasteiger charge is 2.33. The molecule has 8 nitrogen and oxygen atoms in total. The van der Waals surface area contributed by atoms with Crippen LogP contribution >= 0.6 is 0 Å². The number of urea groups is 1. The summed E-state index contributed by atoms with van der Waals surface area (Å²) in [5, 5.41) is 15.9. The highest BCUT2D eigenvalue weighted by Crippen LogP contribution is 2.16. The molecule has 4 N–H and O–H groups in total. The fourth-order valence-corrected chi connectivity index (χ4v) is 2.05. The average molecular weight is 265 g/mol. The quantitative estimate of drug-likeness (QED) is 0.571. The third-order valence-corrected chi connectivity index (χ3v) is 3.23. The topological polar surface area (TPSA) is 130 Å². The number of nitrogens with one attached hydrogen (secondary N) is 1. The number of carbonyl (C=O) groups is 2. The third kappa shape index (κ3) is 4.19. The van der Waals surface area contributed by atoms with E-state index in [9.17, 15) is 18.0 Å². The first-order valence-corrected chi connectivity index (χ1v) is 6.80. The standard InChI is InChI=1S/C8H15N3O5S/c9-17(15,16)5-3-10-8(14)11-4-1-2-6(11)7(12)13/h6H,1-5H2,(H,10,14)(H,12,13)(H2,9,15,16). The molecule has 1 heterocycles. The van der Waals surface area contributed by atoms with Gasteiger partial charge in [-0.05, 0) is 12.8 Å². The van der Waals surface area contributed by atoms with E-state index >= 15 is 0 Å². The smallest absolute Gasteiger partial charge is 0.326 e. The molecule has 0 aromatic carbocycles. The molecule has 9 heteroatoms. The Balaban J connectivity index is 2.45. The first-order valence-electron chi connectivity index (χ1n) is 5.09. The number of sulfonamides is 1. The van der Waals surface area contributed by atoms with Crippen LogP contribution in [0.4, 0.5) is 4.79 Å². The van der Waals surface area contributed by atoms with Crippen molar-refractivity contribution < 1.29 is 23.1 Å². The summed E-state index contributed by atoms with van der Waals surface area (Å²) in [6.45, 7) is 0.235. The Kier molecular flexibility index (Phi) is 4.29. The zero-order valence-corrected chi connectivity index (χ0v) is 9.94. The van der Waals surface area contributed by atoms with Crippen LogP contribution in [-0.2, 0) is 14.8 Å². The minimum atomic E-state index is -3.62. The van der Waals surface area contributed by atoms with E-state index in [2.05, 4.69) is 5.32 Å². The van der Waals surface area contributed by atoms with Crippen LogP contribution in [-0.4, -0.2) is 55.3 Å². The summed E-state index contributed by atoms with van der Waals surface area (Å²) < 4.78 is 21.3. The van der Waals surface area contributed by atoms with Gasteiger partial charge >= 0.3 is 12.0 Å². The fraction of sp³-hybridized carbons (Fsp3) is 0.750. The van der Waals surface area contributed by atoms with E-state index in [4.69, 9.17) is 10.2 Å². The number of rotatable bonds is 4. The molecule has 98 valence electrons. The number of carboxylic acids is 1. The van der Waals surface area contributed by atoms with E-state index < -0.39 is 28.1 Å². The molecule has 1 unspecified atom stereocenters. The van der Waals surface area contributed by atoms with E-state index in [1.807, 2.05) is 0 Å². The predicted molar refractivity (Wildman–Crippen MR) is 58.7 cm³/mol. The van der Waals surface area contributed by atoms with Gasteiger partial charge in [0.25, 0.3) is 0 Å². The minimum Gasteiger partial charge on any atom is -0.480 e. The Hall–Kier alpha value is -1.35. The summed E-state index contributed by atoms with van der Waals surface area (Å²) in [5.41, 5.74) is 0. The Labute approximate surface area is 98.8 Å². The van der Waals surface area contributed by atoms with Gasteiger partial charge in [0.1, 0.15) is 6.04 Å². The summed E-state index contributed by atoms with van der Waals surface area (Å²) in [6, 6.07) is -1.40. The van der Waals surface area contributed by atoms with Gasteiger partial charge in [0.15, 0.2) is 0 Å². The normalized spacial score (nSPS) is 20.3. The Morgan fingerprint density at radius 3 is 2.65 bits per heavy atom. The molecule has 0 saturated carbocycles. The van der Waals surface area contributed by atoms with Crippen molar-refractivity contribution in [3.63, 3.8) is 0 Å². The van der Waals surface area contributed by atoms with Crippen molar-refractivity contribution in [1.82, 2.24) is 10.2 Å². The number of aliphatic carboxylic acids is 1. The molecule has 0 bridgehead atoms. The van der Waals surface area contributed by atoms with Crippen LogP contribution in [0.2, 0.25) is 0 Å². The van der Waals surface area contributed by atoms with Crippen molar-refractivity contribution in [1.29, 1.82) is 0 Å². The average Bonchev–Trinajstić information content (AvgIpc) is 2.63. The Morgan fingerprint density at radius 2 is 2.12 bits per heavy atom. The molecule has 0 aliphatic carbocycles. The first-order chi connectivity index (χ1) is 7.81. The first kappa shape index (κ1) is 13.7. The van der Waals surface area contributed by atoms with Gasteiger partial charge in [-0.15, -0.1) is 0 Å². The van der Waals surface area contributed by atoms with Crippen molar-refractivity contribution >= 4 is 22.0 Å². The SMILES string of the molecule is NS(=O)(=O)CCNC(=O)N1CCCC1C(=O)O. The zero-order valence-electron chi connectivity index (χ0n) is 9.13. The van der Waals surface area contributed by atoms with Gasteiger partial charge in [-0.3, -0.25) is 0 Å². The molecular formula is C8H15N3O5S. The second-order valence-electron chi connectivity index (χ2n) is 3.79. The van der Waals surface area contributed by atoms with Crippen LogP contribution in [0, 0.1) is 0 Å². The number of nitrogens with zero attached hydrogens (tertiary/aromatic N) is 1. The predicted octanol–water partition coefficient (Wildman–Crippen LogP) is -1.47. The highest BCUT2D eigenvalue weighted by atomic mass is 32.2. The fourth-order valence-electron chi connectivity index (χ4n) is 1.67. The number of carbonyl (C=O) groups excluding carboxylic acids is 1. The lowest BCUT2D eigenvalue weighted by Crippen LogP contribution is -2.47. The van der Waals surface area contributed by atoms with Gasteiger partial charge in [-0.25, -0.2) is 23.1 Å². The van der Waals surface area contributed by atoms with E-state index in [1.54, 1.807) is 0 Å². The lowest BCUT2D eigenvalue weighted by molar-refractivity contribution is -0.141. The molecular weight excluding hydrogens is 250 g/mol. The summed E-state index contributed by atoms with van der Waals surface area (Å²) >= 11 is 0. The molecule has 1 atom stereocenters. The van der Waals surface area contributed by atoms with Crippen LogP contribution in [0.15, 0.2) is 0 Å². The Morgan fingerprint density at radius 1 is 1.47 bits per heavy atom. The molecule has 2 amide bonds. The number of primary sulfonamides is 1. The number of carboxylic acid groups (broad SMARTS) is 1. The van der Waals surface area contributed by atoms with Crippen LogP contribution in [0.25, 0.3) is 0 Å². The van der Waals surface area contributed by atoms with E-state index in [0.29, 0.717) is 19.4 Å². The van der Waals surface area contributed by atoms with Crippen molar-refractivity contribution in [2.45, 2.75) is 18.9 Å². The molecule has 1 fully saturated rings. The van der Waals surface area contributed by atoms with Crippen LogP contribution < -0.4 is 10.5 Å². The number of hydrogen-bond donors (Lipinski definition) is 3. The monoisotopic (exact) mass is 265 g/mol. The molecule has 1 saturated heterocycles. The molecule has 0 radical (unpaired) electrons. The van der Waals surface area contributed by atoms with Gasteiger partial charge in [-0.1, -0.05) is 0 Å². The number of amides is 2. The summed E-state index contributed by atoms with van der Waals surface area (Å²) in [4.78, 5) is 23.6. The molecule has 0 spiro atoms. The van der Waals surface area contributed by atoms with Crippen molar-refractivity contribution in [3.8, 4) is 0 Å². The lowest BCUT2D eigenvalue weighted by atomic mass is 10.2. The molecule has 17 heavy (non-hydrogen) atoms. The van der Waals surface area contributed by atoms with Crippen molar-refractivity contribution in [2.75, 3.05) is 18.8 Å². The second-order valence-corrected chi connectivity index (χ2v) is 5.52. The van der Waals surface area contributed by atoms with Gasteiger partial charge in [0.2, 0.25) is 10.0 Å². The summed E-state index contributed by atoms with van der Waals surface area (Å²) in [6.07, 6.45) is 1.04. The second kappa shape index (κ2) is 5.32. The molecule has 0 aromatic rings. The van der Waals surface area contributed by atoms with Gasteiger partial charge in [0, 0.05) is 13.1 Å². The minimum absolute atomic E-state index is 0.124. The van der Waals surface area contributed by atoms with E-state index in [-0.39, 0.29) is 12.3 Å². The maximum atomic E-state index is 11.6. The lowest BCUT2D eigenvalue weighted by Gasteiger charge is -2.21. The summed E-state index contributed by atoms with van der Waals surface area (Å²) in [7, 11) is -3.62. The van der Waals surface area contributed by atoms with Crippen molar-refractivity contribution in [2.24, 2.45) is 5.14 Å². The van der Waals surface area contributed by atoms with E-state index in [1.165, 1.54) is 4.90 Å². The largest absolute Gasteiger partial charge is 0.480 e. The van der Waals surface area contributed by atoms with Crippen LogP contribution in [0.3, 0.4) is 0 Å². The van der Waals surface area contributed by atoms with Gasteiger partial charge in [0.05, 0.1) is 5.75 Å². The van der Waals surface area contributed by atoms with Gasteiger partial charge < -0.3 is 15.3 Å². The highest BCUT2D eigenvalue weighted by molar-refractivity contribution is 7.89. The number of nitrogens with two attached hydrogens (primary N) is 1. The number of likely N-dealkylation sites (tertiary alicyclic amines) is 1. The zero-order chi connectivity index (χ0) is 13.1. The maximum Gasteiger partial charge on any atom is 0.326 e. The molecule has 1 rings (SSSR count). The number of hydrogen-bond acceptors (Lipinski definition) is 4. The van der Waals surface area contributed by atoms with Gasteiger partial charge in [-0.2, -0.15) is 0 Å².